The first-order chi connectivity index (χ1) is 11.2. The summed E-state index contributed by atoms with van der Waals surface area (Å²) in [5.74, 6) is -0.0937. The molecule has 0 bridgehead atoms. The molecule has 0 spiro atoms. The van der Waals surface area contributed by atoms with Crippen LogP contribution < -0.4 is 5.32 Å². The molecule has 0 aliphatic carbocycles. The van der Waals surface area contributed by atoms with Crippen molar-refractivity contribution in [2.24, 2.45) is 0 Å². The highest BCUT2D eigenvalue weighted by atomic mass is 32.2. The first-order valence-electron chi connectivity index (χ1n) is 7.41. The van der Waals surface area contributed by atoms with Gasteiger partial charge in [-0.05, 0) is 12.1 Å². The largest absolute Gasteiger partial charge is 0.338 e. The first-order valence-corrected chi connectivity index (χ1v) is 8.29. The molecule has 7 nitrogen and oxygen atoms in total. The minimum Gasteiger partial charge on any atom is -0.338 e. The monoisotopic (exact) mass is 329 g/mol. The second-order valence-corrected chi connectivity index (χ2v) is 6.88. The molecule has 2 amide bonds. The Kier molecular flexibility index (Phi) is 3.53. The molecule has 4 rings (SSSR count). The Morgan fingerprint density at radius 3 is 2.96 bits per heavy atom. The van der Waals surface area contributed by atoms with E-state index in [2.05, 4.69) is 15.6 Å². The van der Waals surface area contributed by atoms with E-state index < -0.39 is 0 Å². The highest BCUT2D eigenvalue weighted by Crippen LogP contribution is 2.37. The van der Waals surface area contributed by atoms with Crippen LogP contribution in [0.25, 0.3) is 0 Å². The molecule has 1 N–H and O–H groups in total. The Balaban J connectivity index is 1.36. The Morgan fingerprint density at radius 2 is 2.17 bits per heavy atom. The molecule has 1 atom stereocenters. The van der Waals surface area contributed by atoms with E-state index in [0.717, 1.165) is 10.6 Å². The van der Waals surface area contributed by atoms with Crippen molar-refractivity contribution in [2.75, 3.05) is 18.4 Å². The lowest BCUT2D eigenvalue weighted by molar-refractivity contribution is -0.138. The number of hydrogen-bond donors (Lipinski definition) is 1. The molecule has 0 saturated carbocycles. The van der Waals surface area contributed by atoms with Crippen LogP contribution in [0.3, 0.4) is 0 Å². The second kappa shape index (κ2) is 5.69. The minimum atomic E-state index is -0.372. The van der Waals surface area contributed by atoms with Gasteiger partial charge in [-0.3, -0.25) is 9.59 Å². The van der Waals surface area contributed by atoms with Gasteiger partial charge in [0.05, 0.1) is 23.2 Å². The van der Waals surface area contributed by atoms with Crippen molar-refractivity contribution in [3.63, 3.8) is 0 Å². The smallest absolute Gasteiger partial charge is 0.238 e. The Labute approximate surface area is 137 Å². The first kappa shape index (κ1) is 14.3. The quantitative estimate of drug-likeness (QED) is 0.914. The van der Waals surface area contributed by atoms with Crippen molar-refractivity contribution in [3.05, 3.63) is 36.7 Å². The topological polar surface area (TPSA) is 80.1 Å². The molecule has 1 saturated heterocycles. The Hall–Kier alpha value is -2.35. The van der Waals surface area contributed by atoms with Gasteiger partial charge in [0.15, 0.2) is 0 Å². The van der Waals surface area contributed by atoms with Crippen LogP contribution >= 0.6 is 11.8 Å². The number of hydrogen-bond acceptors (Lipinski definition) is 5. The number of para-hydroxylation sites is 1. The molecule has 118 valence electrons. The highest BCUT2D eigenvalue weighted by Gasteiger charge is 2.36. The number of anilines is 1. The minimum absolute atomic E-state index is 0.00777. The summed E-state index contributed by atoms with van der Waals surface area (Å²) in [7, 11) is 0. The molecule has 1 aromatic carbocycles. The highest BCUT2D eigenvalue weighted by molar-refractivity contribution is 8.01. The van der Waals surface area contributed by atoms with Gasteiger partial charge in [-0.2, -0.15) is 0 Å². The Morgan fingerprint density at radius 1 is 1.35 bits per heavy atom. The Bertz CT molecular complexity index is 742. The third-order valence-electron chi connectivity index (χ3n) is 4.10. The van der Waals surface area contributed by atoms with E-state index in [1.165, 1.54) is 11.8 Å². The number of amides is 2. The lowest BCUT2D eigenvalue weighted by Crippen LogP contribution is -2.52. The van der Waals surface area contributed by atoms with E-state index in [4.69, 9.17) is 0 Å². The lowest BCUT2D eigenvalue weighted by atomic mass is 10.1. The number of rotatable bonds is 3. The van der Waals surface area contributed by atoms with Gasteiger partial charge in [0.25, 0.3) is 0 Å². The van der Waals surface area contributed by atoms with E-state index in [0.29, 0.717) is 13.1 Å². The molecular formula is C15H15N5O2S. The number of nitrogens with one attached hydrogen (secondary N) is 1. The van der Waals surface area contributed by atoms with Crippen LogP contribution in [-0.2, 0) is 9.59 Å². The molecule has 2 aliphatic rings. The van der Waals surface area contributed by atoms with E-state index in [-0.39, 0.29) is 29.5 Å². The number of fused-ring (bicyclic) bond motifs is 1. The molecule has 0 radical (unpaired) electrons. The van der Waals surface area contributed by atoms with Crippen molar-refractivity contribution in [3.8, 4) is 0 Å². The fourth-order valence-electron chi connectivity index (χ4n) is 2.75. The van der Waals surface area contributed by atoms with Gasteiger partial charge in [0, 0.05) is 30.6 Å². The maximum Gasteiger partial charge on any atom is 0.238 e. The van der Waals surface area contributed by atoms with Crippen LogP contribution in [0.15, 0.2) is 41.6 Å². The fourth-order valence-corrected chi connectivity index (χ4v) is 3.85. The van der Waals surface area contributed by atoms with Crippen LogP contribution in [0, 0.1) is 0 Å². The van der Waals surface area contributed by atoms with Crippen molar-refractivity contribution in [1.29, 1.82) is 0 Å². The molecule has 23 heavy (non-hydrogen) atoms. The normalized spacial score (nSPS) is 20.6. The van der Waals surface area contributed by atoms with Gasteiger partial charge in [0.2, 0.25) is 11.8 Å². The molecule has 3 heterocycles. The summed E-state index contributed by atoms with van der Waals surface area (Å²) < 4.78 is 1.77. The van der Waals surface area contributed by atoms with Gasteiger partial charge >= 0.3 is 0 Å². The van der Waals surface area contributed by atoms with E-state index >= 15 is 0 Å². The second-order valence-electron chi connectivity index (χ2n) is 5.63. The van der Waals surface area contributed by atoms with E-state index in [1.807, 2.05) is 24.3 Å². The van der Waals surface area contributed by atoms with Crippen molar-refractivity contribution < 1.29 is 9.59 Å². The van der Waals surface area contributed by atoms with Gasteiger partial charge in [-0.15, -0.1) is 16.9 Å². The van der Waals surface area contributed by atoms with Crippen LogP contribution in [0.4, 0.5) is 5.69 Å². The molecule has 1 fully saturated rings. The summed E-state index contributed by atoms with van der Waals surface area (Å²) in [6, 6.07) is 7.84. The number of likely N-dealkylation sites (tertiary alicyclic amines) is 1. The zero-order valence-electron chi connectivity index (χ0n) is 12.3. The molecule has 2 aliphatic heterocycles. The third-order valence-corrected chi connectivity index (χ3v) is 5.37. The molecular weight excluding hydrogens is 314 g/mol. The van der Waals surface area contributed by atoms with E-state index in [9.17, 15) is 9.59 Å². The molecule has 8 heteroatoms. The number of carbonyl (C=O) groups is 2. The van der Waals surface area contributed by atoms with Crippen molar-refractivity contribution >= 4 is 29.3 Å². The summed E-state index contributed by atoms with van der Waals surface area (Å²) in [4.78, 5) is 27.3. The summed E-state index contributed by atoms with van der Waals surface area (Å²) in [6.07, 6.45) is 3.65. The number of benzene rings is 1. The van der Waals surface area contributed by atoms with Crippen LogP contribution in [0.1, 0.15) is 12.5 Å². The van der Waals surface area contributed by atoms with Crippen molar-refractivity contribution in [1.82, 2.24) is 19.9 Å². The predicted octanol–water partition coefficient (Wildman–Crippen LogP) is 1.16. The third kappa shape index (κ3) is 2.70. The van der Waals surface area contributed by atoms with Gasteiger partial charge < -0.3 is 10.2 Å². The SMILES string of the molecule is O=C1Nc2ccccc2SC1CC(=O)N1CC(n2ccnn2)C1. The van der Waals surface area contributed by atoms with Crippen molar-refractivity contribution in [2.45, 2.75) is 22.6 Å². The van der Waals surface area contributed by atoms with Gasteiger partial charge in [-0.25, -0.2) is 4.68 Å². The number of aromatic nitrogens is 3. The summed E-state index contributed by atoms with van der Waals surface area (Å²) in [5, 5.41) is 10.2. The van der Waals surface area contributed by atoms with Crippen LogP contribution in [0.2, 0.25) is 0 Å². The predicted molar refractivity (Wildman–Crippen MR) is 85.0 cm³/mol. The fraction of sp³-hybridized carbons (Fsp3) is 0.333. The zero-order chi connectivity index (χ0) is 15.8. The van der Waals surface area contributed by atoms with Gasteiger partial charge in [0.1, 0.15) is 0 Å². The number of nitrogens with zero attached hydrogens (tertiary/aromatic N) is 4. The maximum atomic E-state index is 12.4. The molecule has 1 unspecified atom stereocenters. The van der Waals surface area contributed by atoms with E-state index in [1.54, 1.807) is 22.0 Å². The maximum absolute atomic E-state index is 12.4. The number of thioether (sulfide) groups is 1. The van der Waals surface area contributed by atoms with Gasteiger partial charge in [-0.1, -0.05) is 17.3 Å². The average molecular weight is 329 g/mol. The standard InChI is InChI=1S/C15H15N5O2S/c21-14(19-8-10(9-19)20-6-5-16-18-20)7-13-15(22)17-11-3-1-2-4-12(11)23-13/h1-6,10,13H,7-9H2,(H,17,22). The summed E-state index contributed by atoms with van der Waals surface area (Å²) >= 11 is 1.46. The zero-order valence-corrected chi connectivity index (χ0v) is 13.1. The van der Waals surface area contributed by atoms with Crippen LogP contribution in [0.5, 0.6) is 0 Å². The summed E-state index contributed by atoms with van der Waals surface area (Å²) in [6.45, 7) is 1.25. The molecule has 1 aromatic heterocycles. The average Bonchev–Trinajstić information content (AvgIpc) is 3.00. The lowest BCUT2D eigenvalue weighted by Gasteiger charge is -2.39. The number of carbonyl (C=O) groups excluding carboxylic acids is 2. The molecule has 2 aromatic rings. The van der Waals surface area contributed by atoms with Crippen LogP contribution in [-0.4, -0.2) is 50.0 Å². The summed E-state index contributed by atoms with van der Waals surface area (Å²) in [5.41, 5.74) is 0.821.